The van der Waals surface area contributed by atoms with Gasteiger partial charge in [-0.15, -0.1) is 0 Å². The number of rotatable bonds is 2. The highest BCUT2D eigenvalue weighted by atomic mass is 15.2. The minimum Gasteiger partial charge on any atom is -0.315 e. The molecule has 0 aromatic carbocycles. The Morgan fingerprint density at radius 3 is 2.56 bits per heavy atom. The summed E-state index contributed by atoms with van der Waals surface area (Å²) in [5.41, 5.74) is 0.469. The Hall–Kier alpha value is -0.0800. The van der Waals surface area contributed by atoms with Crippen LogP contribution in [-0.2, 0) is 0 Å². The number of hydrogen-bond donors (Lipinski definition) is 1. The van der Waals surface area contributed by atoms with Gasteiger partial charge in [0.15, 0.2) is 0 Å². The normalized spacial score (nSPS) is 40.1. The van der Waals surface area contributed by atoms with E-state index in [1.54, 1.807) is 0 Å². The second kappa shape index (κ2) is 4.66. The third-order valence-corrected chi connectivity index (χ3v) is 4.90. The summed E-state index contributed by atoms with van der Waals surface area (Å²) in [6.07, 6.45) is 6.97. The Bertz CT molecular complexity index is 237. The van der Waals surface area contributed by atoms with Crippen LogP contribution in [0, 0.1) is 5.41 Å². The molecular formula is C14H28N2. The molecule has 0 aromatic heterocycles. The lowest BCUT2D eigenvalue weighted by molar-refractivity contribution is 0.0806. The standard InChI is InChI=1S/C14H28N2/c1-11-7-5-6-10-16(11)12-8-9-14(2,3)13(12)15-4/h11-13,15H,5-10H2,1-4H3. The molecule has 3 unspecified atom stereocenters. The molecule has 1 heterocycles. The van der Waals surface area contributed by atoms with Crippen LogP contribution in [0.15, 0.2) is 0 Å². The van der Waals surface area contributed by atoms with E-state index < -0.39 is 0 Å². The lowest BCUT2D eigenvalue weighted by Gasteiger charge is -2.42. The molecular weight excluding hydrogens is 196 g/mol. The molecule has 3 atom stereocenters. The van der Waals surface area contributed by atoms with E-state index in [9.17, 15) is 0 Å². The molecule has 1 N–H and O–H groups in total. The molecule has 1 saturated heterocycles. The van der Waals surface area contributed by atoms with Crippen LogP contribution >= 0.6 is 0 Å². The third kappa shape index (κ3) is 2.14. The van der Waals surface area contributed by atoms with Crippen LogP contribution in [0.3, 0.4) is 0 Å². The first-order valence-corrected chi connectivity index (χ1v) is 6.99. The van der Waals surface area contributed by atoms with Crippen molar-refractivity contribution in [2.75, 3.05) is 13.6 Å². The zero-order chi connectivity index (χ0) is 11.8. The average molecular weight is 224 g/mol. The number of nitrogens with one attached hydrogen (secondary N) is 1. The van der Waals surface area contributed by atoms with E-state index in [1.807, 2.05) is 0 Å². The van der Waals surface area contributed by atoms with Gasteiger partial charge in [0.1, 0.15) is 0 Å². The maximum Gasteiger partial charge on any atom is 0.0271 e. The summed E-state index contributed by atoms with van der Waals surface area (Å²) in [7, 11) is 2.14. The van der Waals surface area contributed by atoms with Crippen LogP contribution in [0.1, 0.15) is 52.9 Å². The highest BCUT2D eigenvalue weighted by Crippen LogP contribution is 2.41. The number of likely N-dealkylation sites (N-methyl/N-ethyl adjacent to an activating group) is 1. The van der Waals surface area contributed by atoms with Crippen LogP contribution in [0.5, 0.6) is 0 Å². The Morgan fingerprint density at radius 1 is 1.19 bits per heavy atom. The zero-order valence-electron chi connectivity index (χ0n) is 11.4. The van der Waals surface area contributed by atoms with E-state index in [2.05, 4.69) is 38.0 Å². The van der Waals surface area contributed by atoms with Gasteiger partial charge in [-0.1, -0.05) is 20.3 Å². The molecule has 2 nitrogen and oxygen atoms in total. The average Bonchev–Trinajstić information content (AvgIpc) is 2.54. The first-order chi connectivity index (χ1) is 7.56. The van der Waals surface area contributed by atoms with E-state index in [0.29, 0.717) is 11.5 Å². The minimum atomic E-state index is 0.469. The van der Waals surface area contributed by atoms with Gasteiger partial charge in [0, 0.05) is 18.1 Å². The summed E-state index contributed by atoms with van der Waals surface area (Å²) < 4.78 is 0. The van der Waals surface area contributed by atoms with E-state index in [-0.39, 0.29) is 0 Å². The molecule has 0 aromatic rings. The van der Waals surface area contributed by atoms with E-state index in [1.165, 1.54) is 38.6 Å². The van der Waals surface area contributed by atoms with E-state index >= 15 is 0 Å². The number of piperidine rings is 1. The summed E-state index contributed by atoms with van der Waals surface area (Å²) >= 11 is 0. The van der Waals surface area contributed by atoms with Gasteiger partial charge in [-0.25, -0.2) is 0 Å². The number of likely N-dealkylation sites (tertiary alicyclic amines) is 1. The molecule has 1 aliphatic heterocycles. The van der Waals surface area contributed by atoms with Crippen molar-refractivity contribution in [2.45, 2.75) is 71.0 Å². The van der Waals surface area contributed by atoms with Crippen molar-refractivity contribution in [3.05, 3.63) is 0 Å². The second-order valence-corrected chi connectivity index (χ2v) is 6.44. The second-order valence-electron chi connectivity index (χ2n) is 6.44. The number of nitrogens with zero attached hydrogens (tertiary/aromatic N) is 1. The number of hydrogen-bond acceptors (Lipinski definition) is 2. The van der Waals surface area contributed by atoms with Crippen molar-refractivity contribution >= 4 is 0 Å². The topological polar surface area (TPSA) is 15.3 Å². The largest absolute Gasteiger partial charge is 0.315 e. The van der Waals surface area contributed by atoms with Crippen LogP contribution in [0.2, 0.25) is 0 Å². The van der Waals surface area contributed by atoms with Crippen LogP contribution < -0.4 is 5.32 Å². The van der Waals surface area contributed by atoms with E-state index in [4.69, 9.17) is 0 Å². The molecule has 16 heavy (non-hydrogen) atoms. The van der Waals surface area contributed by atoms with Gasteiger partial charge < -0.3 is 5.32 Å². The van der Waals surface area contributed by atoms with Gasteiger partial charge in [0.25, 0.3) is 0 Å². The first-order valence-electron chi connectivity index (χ1n) is 6.99. The Morgan fingerprint density at radius 2 is 1.94 bits per heavy atom. The summed E-state index contributed by atoms with van der Waals surface area (Å²) in [5, 5.41) is 3.58. The van der Waals surface area contributed by atoms with Gasteiger partial charge in [0.05, 0.1) is 0 Å². The quantitative estimate of drug-likeness (QED) is 0.776. The summed E-state index contributed by atoms with van der Waals surface area (Å²) in [5.74, 6) is 0. The van der Waals surface area contributed by atoms with Crippen molar-refractivity contribution in [3.8, 4) is 0 Å². The Kier molecular flexibility index (Phi) is 3.60. The fourth-order valence-corrected chi connectivity index (χ4v) is 3.92. The lowest BCUT2D eigenvalue weighted by Crippen LogP contribution is -2.54. The van der Waals surface area contributed by atoms with Crippen molar-refractivity contribution in [3.63, 3.8) is 0 Å². The fraction of sp³-hybridized carbons (Fsp3) is 1.00. The maximum absolute atomic E-state index is 3.58. The Labute approximate surface area is 101 Å². The van der Waals surface area contributed by atoms with Crippen molar-refractivity contribution < 1.29 is 0 Å². The SMILES string of the molecule is CNC1C(N2CCCCC2C)CCC1(C)C. The van der Waals surface area contributed by atoms with Crippen LogP contribution in [-0.4, -0.2) is 36.6 Å². The predicted molar refractivity (Wildman–Crippen MR) is 69.7 cm³/mol. The Balaban J connectivity index is 2.08. The van der Waals surface area contributed by atoms with E-state index in [0.717, 1.165) is 12.1 Å². The maximum atomic E-state index is 3.58. The molecule has 2 aliphatic rings. The van der Waals surface area contributed by atoms with Crippen LogP contribution in [0.25, 0.3) is 0 Å². The monoisotopic (exact) mass is 224 g/mol. The van der Waals surface area contributed by atoms with Gasteiger partial charge in [0.2, 0.25) is 0 Å². The molecule has 1 saturated carbocycles. The molecule has 0 radical (unpaired) electrons. The zero-order valence-corrected chi connectivity index (χ0v) is 11.4. The summed E-state index contributed by atoms with van der Waals surface area (Å²) in [4.78, 5) is 2.78. The predicted octanol–water partition coefficient (Wildman–Crippen LogP) is 2.64. The smallest absolute Gasteiger partial charge is 0.0271 e. The molecule has 0 spiro atoms. The molecule has 94 valence electrons. The molecule has 2 fully saturated rings. The first kappa shape index (κ1) is 12.4. The summed E-state index contributed by atoms with van der Waals surface area (Å²) in [6.45, 7) is 8.57. The molecule has 0 amide bonds. The highest BCUT2D eigenvalue weighted by Gasteiger charge is 2.44. The van der Waals surface area contributed by atoms with Gasteiger partial charge in [-0.05, 0) is 51.6 Å². The van der Waals surface area contributed by atoms with Crippen LogP contribution in [0.4, 0.5) is 0 Å². The third-order valence-electron chi connectivity index (χ3n) is 4.90. The van der Waals surface area contributed by atoms with Gasteiger partial charge in [-0.3, -0.25) is 4.90 Å². The van der Waals surface area contributed by atoms with Crippen molar-refractivity contribution in [1.29, 1.82) is 0 Å². The highest BCUT2D eigenvalue weighted by molar-refractivity contribution is 5.01. The van der Waals surface area contributed by atoms with Crippen molar-refractivity contribution in [1.82, 2.24) is 10.2 Å². The molecule has 0 bridgehead atoms. The van der Waals surface area contributed by atoms with Gasteiger partial charge >= 0.3 is 0 Å². The summed E-state index contributed by atoms with van der Waals surface area (Å²) in [6, 6.07) is 2.24. The van der Waals surface area contributed by atoms with Gasteiger partial charge in [-0.2, -0.15) is 0 Å². The molecule has 1 aliphatic carbocycles. The lowest BCUT2D eigenvalue weighted by atomic mass is 9.86. The minimum absolute atomic E-state index is 0.469. The molecule has 2 heteroatoms. The molecule has 2 rings (SSSR count). The van der Waals surface area contributed by atoms with Crippen molar-refractivity contribution in [2.24, 2.45) is 5.41 Å². The fourth-order valence-electron chi connectivity index (χ4n) is 3.92.